The zero-order valence-electron chi connectivity index (χ0n) is 8.20. The van der Waals surface area contributed by atoms with E-state index in [2.05, 4.69) is 5.48 Å². The summed E-state index contributed by atoms with van der Waals surface area (Å²) in [5.41, 5.74) is 2.21. The molecule has 1 unspecified atom stereocenters. The first-order chi connectivity index (χ1) is 6.11. The summed E-state index contributed by atoms with van der Waals surface area (Å²) in [6.45, 7) is 5.00. The average molecular weight is 208 g/mol. The number of hydrogen-bond donors (Lipinski definition) is 1. The third kappa shape index (κ3) is 5.59. The Morgan fingerprint density at radius 1 is 1.46 bits per heavy atom. The molecule has 0 aliphatic rings. The van der Waals surface area contributed by atoms with Gasteiger partial charge in [0.2, 0.25) is 0 Å². The van der Waals surface area contributed by atoms with E-state index in [9.17, 15) is 9.00 Å². The summed E-state index contributed by atoms with van der Waals surface area (Å²) in [6, 6.07) is -0.296. The van der Waals surface area contributed by atoms with Crippen LogP contribution in [0.4, 0.5) is 4.79 Å². The maximum absolute atomic E-state index is 11.2. The van der Waals surface area contributed by atoms with Crippen LogP contribution in [0.3, 0.4) is 0 Å². The van der Waals surface area contributed by atoms with Crippen LogP contribution in [-0.2, 0) is 15.6 Å². The minimum Gasteiger partial charge on any atom is -0.324 e. The van der Waals surface area contributed by atoms with E-state index in [0.717, 1.165) is 0 Å². The number of hydrogen-bond acceptors (Lipinski definition) is 3. The minimum atomic E-state index is -1.05. The summed E-state index contributed by atoms with van der Waals surface area (Å²) in [4.78, 5) is 17.4. The largest absolute Gasteiger partial charge is 0.341 e. The van der Waals surface area contributed by atoms with Crippen LogP contribution in [0, 0.1) is 0 Å². The molecule has 0 saturated heterocycles. The zero-order chi connectivity index (χ0) is 10.3. The number of urea groups is 1. The molecule has 0 rings (SSSR count). The van der Waals surface area contributed by atoms with Crippen molar-refractivity contribution in [1.82, 2.24) is 10.4 Å². The van der Waals surface area contributed by atoms with Crippen LogP contribution in [0.5, 0.6) is 0 Å². The summed E-state index contributed by atoms with van der Waals surface area (Å²) in [5.74, 6) is 0.0208. The van der Waals surface area contributed by atoms with Crippen LogP contribution in [0.1, 0.15) is 13.8 Å². The Labute approximate surface area is 80.8 Å². The molecule has 6 heteroatoms. The molecule has 0 radical (unpaired) electrons. The van der Waals surface area contributed by atoms with E-state index >= 15 is 0 Å². The van der Waals surface area contributed by atoms with Gasteiger partial charge in [0.05, 0.1) is 0 Å². The number of hydroxylamine groups is 1. The molecular weight excluding hydrogens is 192 g/mol. The molecule has 0 saturated carbocycles. The maximum Gasteiger partial charge on any atom is 0.341 e. The summed E-state index contributed by atoms with van der Waals surface area (Å²) >= 11 is 0. The van der Waals surface area contributed by atoms with E-state index in [4.69, 9.17) is 4.84 Å². The van der Waals surface area contributed by atoms with Crippen molar-refractivity contribution in [3.63, 3.8) is 0 Å². The number of nitrogens with one attached hydrogen (secondary N) is 1. The lowest BCUT2D eigenvalue weighted by Gasteiger charge is -2.18. The monoisotopic (exact) mass is 208 g/mol. The van der Waals surface area contributed by atoms with Crippen LogP contribution in [-0.4, -0.2) is 40.4 Å². The second-order valence-electron chi connectivity index (χ2n) is 2.41. The quantitative estimate of drug-likeness (QED) is 0.661. The van der Waals surface area contributed by atoms with Gasteiger partial charge in [0.1, 0.15) is 5.94 Å². The Hall–Kier alpha value is -0.620. The van der Waals surface area contributed by atoms with Gasteiger partial charge in [-0.15, -0.1) is 0 Å². The van der Waals surface area contributed by atoms with E-state index in [0.29, 0.717) is 13.1 Å². The van der Waals surface area contributed by atoms with Crippen molar-refractivity contribution in [1.29, 1.82) is 0 Å². The van der Waals surface area contributed by atoms with Crippen molar-refractivity contribution in [2.75, 3.05) is 25.3 Å². The Kier molecular flexibility index (Phi) is 6.52. The SMILES string of the molecule is CCN(CC)C(=O)NOCS(C)=O. The van der Waals surface area contributed by atoms with Gasteiger partial charge in [-0.2, -0.15) is 0 Å². The molecule has 0 aromatic carbocycles. The molecule has 0 spiro atoms. The molecule has 5 nitrogen and oxygen atoms in total. The van der Waals surface area contributed by atoms with Crippen molar-refractivity contribution >= 4 is 16.8 Å². The van der Waals surface area contributed by atoms with Crippen LogP contribution >= 0.6 is 0 Å². The highest BCUT2D eigenvalue weighted by molar-refractivity contribution is 7.84. The predicted molar refractivity (Wildman–Crippen MR) is 51.5 cm³/mol. The van der Waals surface area contributed by atoms with E-state index in [1.807, 2.05) is 13.8 Å². The number of carbonyl (C=O) groups excluding carboxylic acids is 1. The number of amides is 2. The Balaban J connectivity index is 3.66. The molecule has 13 heavy (non-hydrogen) atoms. The normalized spacial score (nSPS) is 12.2. The van der Waals surface area contributed by atoms with E-state index in [1.165, 1.54) is 6.26 Å². The molecule has 78 valence electrons. The lowest BCUT2D eigenvalue weighted by molar-refractivity contribution is 0.0777. The second-order valence-corrected chi connectivity index (χ2v) is 3.80. The highest BCUT2D eigenvalue weighted by Crippen LogP contribution is 1.87. The van der Waals surface area contributed by atoms with Gasteiger partial charge in [0.15, 0.2) is 0 Å². The lowest BCUT2D eigenvalue weighted by Crippen LogP contribution is -2.40. The van der Waals surface area contributed by atoms with Gasteiger partial charge in [0, 0.05) is 30.1 Å². The van der Waals surface area contributed by atoms with Crippen LogP contribution in [0.25, 0.3) is 0 Å². The van der Waals surface area contributed by atoms with Gasteiger partial charge in [-0.25, -0.2) is 10.3 Å². The molecule has 0 aromatic rings. The fourth-order valence-electron chi connectivity index (χ4n) is 0.750. The number of rotatable bonds is 5. The smallest absolute Gasteiger partial charge is 0.324 e. The maximum atomic E-state index is 11.2. The van der Waals surface area contributed by atoms with Gasteiger partial charge >= 0.3 is 6.03 Å². The molecule has 2 amide bonds. The van der Waals surface area contributed by atoms with Crippen molar-refractivity contribution in [3.8, 4) is 0 Å². The van der Waals surface area contributed by atoms with Crippen molar-refractivity contribution in [2.45, 2.75) is 13.8 Å². The van der Waals surface area contributed by atoms with Gasteiger partial charge < -0.3 is 4.90 Å². The third-order valence-corrected chi connectivity index (χ3v) is 1.88. The Morgan fingerprint density at radius 3 is 2.38 bits per heavy atom. The summed E-state index contributed by atoms with van der Waals surface area (Å²) in [7, 11) is -1.05. The minimum absolute atomic E-state index is 0.0208. The predicted octanol–water partition coefficient (Wildman–Crippen LogP) is 0.305. The van der Waals surface area contributed by atoms with Gasteiger partial charge in [-0.3, -0.25) is 9.05 Å². The van der Waals surface area contributed by atoms with E-state index in [1.54, 1.807) is 4.90 Å². The molecule has 0 fully saturated rings. The fourth-order valence-corrected chi connectivity index (χ4v) is 0.974. The third-order valence-electron chi connectivity index (χ3n) is 1.44. The van der Waals surface area contributed by atoms with Crippen LogP contribution in [0.2, 0.25) is 0 Å². The van der Waals surface area contributed by atoms with Crippen LogP contribution < -0.4 is 5.48 Å². The van der Waals surface area contributed by atoms with E-state index in [-0.39, 0.29) is 12.0 Å². The van der Waals surface area contributed by atoms with Crippen LogP contribution in [0.15, 0.2) is 0 Å². The molecule has 0 bridgehead atoms. The van der Waals surface area contributed by atoms with Gasteiger partial charge in [0.25, 0.3) is 0 Å². The fraction of sp³-hybridized carbons (Fsp3) is 0.857. The second kappa shape index (κ2) is 6.85. The average Bonchev–Trinajstić information content (AvgIpc) is 2.05. The molecular formula is C7H16N2O3S. The highest BCUT2D eigenvalue weighted by Gasteiger charge is 2.08. The summed E-state index contributed by atoms with van der Waals surface area (Å²) < 4.78 is 10.6. The summed E-state index contributed by atoms with van der Waals surface area (Å²) in [5, 5.41) is 0. The Morgan fingerprint density at radius 2 is 2.00 bits per heavy atom. The molecule has 0 aliphatic heterocycles. The summed E-state index contributed by atoms with van der Waals surface area (Å²) in [6.07, 6.45) is 1.50. The topological polar surface area (TPSA) is 58.6 Å². The first-order valence-electron chi connectivity index (χ1n) is 4.08. The molecule has 0 heterocycles. The number of carbonyl (C=O) groups is 1. The van der Waals surface area contributed by atoms with E-state index < -0.39 is 10.8 Å². The standard InChI is InChI=1S/C7H16N2O3S/c1-4-9(5-2)7(10)8-12-6-13(3)11/h4-6H2,1-3H3,(H,8,10). The molecule has 1 N–H and O–H groups in total. The molecule has 0 aliphatic carbocycles. The van der Waals surface area contributed by atoms with Crippen molar-refractivity contribution in [3.05, 3.63) is 0 Å². The van der Waals surface area contributed by atoms with Crippen molar-refractivity contribution in [2.24, 2.45) is 0 Å². The highest BCUT2D eigenvalue weighted by atomic mass is 32.2. The molecule has 0 aromatic heterocycles. The zero-order valence-corrected chi connectivity index (χ0v) is 9.02. The van der Waals surface area contributed by atoms with Gasteiger partial charge in [-0.05, 0) is 13.8 Å². The first kappa shape index (κ1) is 12.4. The van der Waals surface area contributed by atoms with Gasteiger partial charge in [-0.1, -0.05) is 0 Å². The van der Waals surface area contributed by atoms with Crippen molar-refractivity contribution < 1.29 is 13.8 Å². The molecule has 1 atom stereocenters. The first-order valence-corrected chi connectivity index (χ1v) is 5.81. The lowest BCUT2D eigenvalue weighted by atomic mass is 10.5. The Bertz CT molecular complexity index is 183. The number of nitrogens with zero attached hydrogens (tertiary/aromatic N) is 1.